The van der Waals surface area contributed by atoms with Gasteiger partial charge in [-0.2, -0.15) is 0 Å². The molecule has 0 saturated heterocycles. The van der Waals surface area contributed by atoms with Crippen LogP contribution in [0.2, 0.25) is 0 Å². The van der Waals surface area contributed by atoms with E-state index in [-0.39, 0.29) is 0 Å². The standard InChI is InChI=1S/C8H13N5/c1-6-2-4-7(5-3-6)11-8(12-9)13-10/h2-5H,9-10H2,1H3,(H2,11,12,13). The van der Waals surface area contributed by atoms with Gasteiger partial charge in [-0.25, -0.2) is 16.7 Å². The fourth-order valence-corrected chi connectivity index (χ4v) is 0.855. The van der Waals surface area contributed by atoms with Gasteiger partial charge < -0.3 is 0 Å². The first-order valence-corrected chi connectivity index (χ1v) is 3.85. The first kappa shape index (κ1) is 9.50. The molecule has 0 aliphatic rings. The van der Waals surface area contributed by atoms with Crippen molar-refractivity contribution in [3.05, 3.63) is 29.8 Å². The minimum Gasteiger partial charge on any atom is -0.293 e. The van der Waals surface area contributed by atoms with Gasteiger partial charge >= 0.3 is 0 Å². The summed E-state index contributed by atoms with van der Waals surface area (Å²) in [6.45, 7) is 2.01. The average Bonchev–Trinajstić information content (AvgIpc) is 2.17. The smallest absolute Gasteiger partial charge is 0.225 e. The van der Waals surface area contributed by atoms with Crippen LogP contribution in [0, 0.1) is 6.92 Å². The molecule has 1 aromatic rings. The van der Waals surface area contributed by atoms with Gasteiger partial charge in [-0.15, -0.1) is 0 Å². The van der Waals surface area contributed by atoms with Crippen molar-refractivity contribution in [2.24, 2.45) is 16.7 Å². The topological polar surface area (TPSA) is 88.5 Å². The summed E-state index contributed by atoms with van der Waals surface area (Å²) in [6.07, 6.45) is 0. The van der Waals surface area contributed by atoms with Gasteiger partial charge in [-0.05, 0) is 19.1 Å². The lowest BCUT2D eigenvalue weighted by Gasteiger charge is -2.03. The van der Waals surface area contributed by atoms with Crippen LogP contribution < -0.4 is 22.5 Å². The maximum absolute atomic E-state index is 5.14. The Hall–Kier alpha value is -1.59. The summed E-state index contributed by atoms with van der Waals surface area (Å²) in [5, 5.41) is 0. The van der Waals surface area contributed by atoms with Crippen molar-refractivity contribution in [1.82, 2.24) is 10.9 Å². The second-order valence-corrected chi connectivity index (χ2v) is 2.58. The van der Waals surface area contributed by atoms with Crippen LogP contribution >= 0.6 is 0 Å². The first-order chi connectivity index (χ1) is 6.26. The van der Waals surface area contributed by atoms with Gasteiger partial charge in [-0.3, -0.25) is 10.9 Å². The zero-order valence-corrected chi connectivity index (χ0v) is 7.41. The second-order valence-electron chi connectivity index (χ2n) is 2.58. The van der Waals surface area contributed by atoms with Crippen LogP contribution in [0.4, 0.5) is 5.69 Å². The van der Waals surface area contributed by atoms with Gasteiger partial charge in [0.2, 0.25) is 5.96 Å². The third-order valence-electron chi connectivity index (χ3n) is 1.55. The summed E-state index contributed by atoms with van der Waals surface area (Å²) in [5.74, 6) is 10.6. The number of nitrogens with one attached hydrogen (secondary N) is 2. The van der Waals surface area contributed by atoms with Crippen molar-refractivity contribution in [1.29, 1.82) is 0 Å². The van der Waals surface area contributed by atoms with Gasteiger partial charge in [0.05, 0.1) is 5.69 Å². The van der Waals surface area contributed by atoms with Crippen molar-refractivity contribution in [2.75, 3.05) is 0 Å². The molecule has 13 heavy (non-hydrogen) atoms. The van der Waals surface area contributed by atoms with Crippen LogP contribution in [0.25, 0.3) is 0 Å². The van der Waals surface area contributed by atoms with E-state index in [1.165, 1.54) is 5.56 Å². The molecule has 0 saturated carbocycles. The third-order valence-corrected chi connectivity index (χ3v) is 1.55. The number of rotatable bonds is 1. The Balaban J connectivity index is 2.84. The highest BCUT2D eigenvalue weighted by atomic mass is 15.4. The highest BCUT2D eigenvalue weighted by Gasteiger charge is 1.92. The molecule has 70 valence electrons. The summed E-state index contributed by atoms with van der Waals surface area (Å²) < 4.78 is 0. The Morgan fingerprint density at radius 1 is 1.15 bits per heavy atom. The van der Waals surface area contributed by atoms with Crippen LogP contribution in [0.1, 0.15) is 5.56 Å². The van der Waals surface area contributed by atoms with Crippen LogP contribution in [-0.4, -0.2) is 5.96 Å². The molecule has 0 heterocycles. The minimum absolute atomic E-state index is 0.323. The lowest BCUT2D eigenvalue weighted by atomic mass is 10.2. The molecular formula is C8H13N5. The lowest BCUT2D eigenvalue weighted by molar-refractivity contribution is 0.897. The van der Waals surface area contributed by atoms with Crippen molar-refractivity contribution in [2.45, 2.75) is 6.92 Å². The number of hydrogen-bond donors (Lipinski definition) is 4. The monoisotopic (exact) mass is 179 g/mol. The number of aryl methyl sites for hydroxylation is 1. The normalized spacial score (nSPS) is 9.15. The zero-order valence-electron chi connectivity index (χ0n) is 7.41. The lowest BCUT2D eigenvalue weighted by Crippen LogP contribution is -2.44. The van der Waals surface area contributed by atoms with E-state index in [1.54, 1.807) is 0 Å². The van der Waals surface area contributed by atoms with E-state index < -0.39 is 0 Å². The number of nitrogens with zero attached hydrogens (tertiary/aromatic N) is 1. The summed E-state index contributed by atoms with van der Waals surface area (Å²) >= 11 is 0. The molecule has 1 rings (SSSR count). The van der Waals surface area contributed by atoms with E-state index in [1.807, 2.05) is 31.2 Å². The van der Waals surface area contributed by atoms with Crippen molar-refractivity contribution < 1.29 is 0 Å². The highest BCUT2D eigenvalue weighted by Crippen LogP contribution is 2.11. The molecule has 0 fully saturated rings. The molecule has 0 aliphatic carbocycles. The molecule has 0 unspecified atom stereocenters. The molecule has 5 nitrogen and oxygen atoms in total. The van der Waals surface area contributed by atoms with Gasteiger partial charge in [0.25, 0.3) is 0 Å². The average molecular weight is 179 g/mol. The maximum Gasteiger partial charge on any atom is 0.225 e. The van der Waals surface area contributed by atoms with Crippen molar-refractivity contribution >= 4 is 11.6 Å². The number of nitrogens with two attached hydrogens (primary N) is 2. The van der Waals surface area contributed by atoms with Crippen LogP contribution in [0.5, 0.6) is 0 Å². The summed E-state index contributed by atoms with van der Waals surface area (Å²) in [5.41, 5.74) is 6.63. The Bertz CT molecular complexity index is 284. The molecule has 6 N–H and O–H groups in total. The molecule has 0 aromatic heterocycles. The van der Waals surface area contributed by atoms with Crippen LogP contribution in [-0.2, 0) is 0 Å². The summed E-state index contributed by atoms with van der Waals surface area (Å²) in [6, 6.07) is 7.68. The van der Waals surface area contributed by atoms with Crippen molar-refractivity contribution in [3.63, 3.8) is 0 Å². The molecule has 0 atom stereocenters. The molecule has 5 heteroatoms. The molecule has 0 amide bonds. The predicted molar refractivity (Wildman–Crippen MR) is 52.9 cm³/mol. The SMILES string of the molecule is Cc1ccc(N=C(NN)NN)cc1. The van der Waals surface area contributed by atoms with E-state index >= 15 is 0 Å². The first-order valence-electron chi connectivity index (χ1n) is 3.85. The van der Waals surface area contributed by atoms with E-state index in [4.69, 9.17) is 11.7 Å². The van der Waals surface area contributed by atoms with Crippen LogP contribution in [0.3, 0.4) is 0 Å². The number of benzene rings is 1. The predicted octanol–water partition coefficient (Wildman–Crippen LogP) is -0.0909. The molecule has 0 radical (unpaired) electrons. The van der Waals surface area contributed by atoms with Gasteiger partial charge in [0, 0.05) is 0 Å². The summed E-state index contributed by atoms with van der Waals surface area (Å²) in [4.78, 5) is 4.08. The summed E-state index contributed by atoms with van der Waals surface area (Å²) in [7, 11) is 0. The van der Waals surface area contributed by atoms with Crippen LogP contribution in [0.15, 0.2) is 29.3 Å². The number of hydrogen-bond acceptors (Lipinski definition) is 3. The molecule has 1 aromatic carbocycles. The molecular weight excluding hydrogens is 166 g/mol. The van der Waals surface area contributed by atoms with E-state index in [9.17, 15) is 0 Å². The Kier molecular flexibility index (Phi) is 3.24. The largest absolute Gasteiger partial charge is 0.293 e. The van der Waals surface area contributed by atoms with E-state index in [2.05, 4.69) is 15.8 Å². The van der Waals surface area contributed by atoms with E-state index in [0.29, 0.717) is 5.96 Å². The quantitative estimate of drug-likeness (QED) is 0.210. The number of aliphatic imine (C=N–C) groups is 1. The molecule has 0 spiro atoms. The second kappa shape index (κ2) is 4.44. The van der Waals surface area contributed by atoms with Gasteiger partial charge in [0.15, 0.2) is 0 Å². The van der Waals surface area contributed by atoms with E-state index in [0.717, 1.165) is 5.69 Å². The minimum atomic E-state index is 0.323. The Morgan fingerprint density at radius 3 is 2.15 bits per heavy atom. The zero-order chi connectivity index (χ0) is 9.68. The molecule has 0 aliphatic heterocycles. The Morgan fingerprint density at radius 2 is 1.69 bits per heavy atom. The Labute approximate surface area is 76.8 Å². The number of hydrazine groups is 2. The van der Waals surface area contributed by atoms with Gasteiger partial charge in [-0.1, -0.05) is 17.7 Å². The van der Waals surface area contributed by atoms with Crippen molar-refractivity contribution in [3.8, 4) is 0 Å². The highest BCUT2D eigenvalue weighted by molar-refractivity contribution is 5.81. The molecule has 0 bridgehead atoms. The third kappa shape index (κ3) is 2.73. The van der Waals surface area contributed by atoms with Gasteiger partial charge in [0.1, 0.15) is 0 Å². The fraction of sp³-hybridized carbons (Fsp3) is 0.125. The maximum atomic E-state index is 5.14. The number of guanidine groups is 1. The fourth-order valence-electron chi connectivity index (χ4n) is 0.855.